The summed E-state index contributed by atoms with van der Waals surface area (Å²) in [6, 6.07) is 6.13. The third kappa shape index (κ3) is 5.00. The van der Waals surface area contributed by atoms with Gasteiger partial charge in [-0.05, 0) is 49.8 Å². The van der Waals surface area contributed by atoms with Gasteiger partial charge in [0.25, 0.3) is 0 Å². The lowest BCUT2D eigenvalue weighted by Crippen LogP contribution is -2.44. The maximum absolute atomic E-state index is 13.0. The molecule has 3 rings (SSSR count). The average molecular weight is 377 g/mol. The molecule has 7 heteroatoms. The van der Waals surface area contributed by atoms with Crippen LogP contribution in [0.5, 0.6) is 0 Å². The first-order valence-corrected chi connectivity index (χ1v) is 9.85. The van der Waals surface area contributed by atoms with Crippen molar-refractivity contribution in [1.29, 1.82) is 0 Å². The van der Waals surface area contributed by atoms with Crippen molar-refractivity contribution < 1.29 is 8.81 Å². The molecule has 1 unspecified atom stereocenters. The largest absolute Gasteiger partial charge is 0.444 e. The molecular formula is C19H25FN4OS. The molecular weight excluding hydrogens is 351 g/mol. The Morgan fingerprint density at radius 1 is 1.35 bits per heavy atom. The van der Waals surface area contributed by atoms with Crippen LogP contribution in [-0.2, 0) is 6.42 Å². The lowest BCUT2D eigenvalue weighted by molar-refractivity contribution is 0.571. The number of halogens is 1. The fraction of sp³-hybridized carbons (Fsp3) is 0.474. The van der Waals surface area contributed by atoms with Crippen molar-refractivity contribution >= 4 is 17.7 Å². The Morgan fingerprint density at radius 2 is 2.15 bits per heavy atom. The molecule has 140 valence electrons. The Morgan fingerprint density at radius 3 is 2.85 bits per heavy atom. The molecule has 0 amide bonds. The quantitative estimate of drug-likeness (QED) is 0.597. The summed E-state index contributed by atoms with van der Waals surface area (Å²) in [7, 11) is 1.78. The smallest absolute Gasteiger partial charge is 0.226 e. The Bertz CT molecular complexity index is 738. The maximum atomic E-state index is 13.0. The summed E-state index contributed by atoms with van der Waals surface area (Å²) < 4.78 is 18.8. The molecule has 0 aliphatic carbocycles. The molecule has 1 atom stereocenters. The molecule has 1 aromatic heterocycles. The average Bonchev–Trinajstić information content (AvgIpc) is 3.28. The van der Waals surface area contributed by atoms with Crippen LogP contribution in [-0.4, -0.2) is 41.6 Å². The predicted octanol–water partition coefficient (Wildman–Crippen LogP) is 3.47. The monoisotopic (exact) mass is 376 g/mol. The van der Waals surface area contributed by atoms with E-state index in [0.717, 1.165) is 30.2 Å². The second kappa shape index (κ2) is 8.58. The van der Waals surface area contributed by atoms with Gasteiger partial charge in [0.15, 0.2) is 5.96 Å². The van der Waals surface area contributed by atoms with Crippen molar-refractivity contribution in [2.75, 3.05) is 25.9 Å². The van der Waals surface area contributed by atoms with Gasteiger partial charge in [0, 0.05) is 36.9 Å². The molecule has 1 aliphatic heterocycles. The van der Waals surface area contributed by atoms with E-state index in [2.05, 4.69) is 27.5 Å². The van der Waals surface area contributed by atoms with Crippen molar-refractivity contribution in [2.24, 2.45) is 4.99 Å². The molecule has 0 bridgehead atoms. The number of hydrogen-bond acceptors (Lipinski definition) is 4. The van der Waals surface area contributed by atoms with Crippen LogP contribution < -0.4 is 10.6 Å². The number of hydrogen-bond donors (Lipinski definition) is 2. The van der Waals surface area contributed by atoms with Crippen LogP contribution in [0.3, 0.4) is 0 Å². The molecule has 5 nitrogen and oxygen atoms in total. The van der Waals surface area contributed by atoms with Gasteiger partial charge < -0.3 is 15.1 Å². The molecule has 2 N–H and O–H groups in total. The highest BCUT2D eigenvalue weighted by Gasteiger charge is 2.29. The minimum absolute atomic E-state index is 0.270. The lowest BCUT2D eigenvalue weighted by Gasteiger charge is -2.24. The molecule has 1 aromatic carbocycles. The topological polar surface area (TPSA) is 62.5 Å². The molecule has 0 radical (unpaired) electrons. The van der Waals surface area contributed by atoms with E-state index < -0.39 is 0 Å². The number of oxazole rings is 1. The first-order chi connectivity index (χ1) is 12.6. The van der Waals surface area contributed by atoms with Crippen molar-refractivity contribution in [1.82, 2.24) is 15.6 Å². The van der Waals surface area contributed by atoms with Crippen LogP contribution in [0.15, 0.2) is 39.9 Å². The summed E-state index contributed by atoms with van der Waals surface area (Å²) in [5, 5.41) is 6.73. The summed E-state index contributed by atoms with van der Waals surface area (Å²) in [5.74, 6) is 2.29. The molecule has 0 spiro atoms. The minimum Gasteiger partial charge on any atom is -0.444 e. The highest BCUT2D eigenvalue weighted by atomic mass is 32.2. The molecule has 1 aliphatic rings. The first-order valence-electron chi connectivity index (χ1n) is 8.87. The van der Waals surface area contributed by atoms with Gasteiger partial charge in [-0.3, -0.25) is 4.99 Å². The number of aromatic nitrogens is 1. The standard InChI is InChI=1S/C19H25FN4OS/c1-19(9-3-11-26-19)13-23-18(21-2)22-10-8-16-12-25-17(24-16)14-4-6-15(20)7-5-14/h4-7,12H,3,8-11,13H2,1-2H3,(H2,21,22,23). The molecule has 1 saturated heterocycles. The number of benzene rings is 1. The van der Waals surface area contributed by atoms with Crippen LogP contribution in [0.1, 0.15) is 25.5 Å². The maximum Gasteiger partial charge on any atom is 0.226 e. The Balaban J connectivity index is 1.46. The van der Waals surface area contributed by atoms with Gasteiger partial charge in [-0.15, -0.1) is 0 Å². The third-order valence-electron chi connectivity index (χ3n) is 4.47. The Labute approximate surface area is 157 Å². The summed E-state index contributed by atoms with van der Waals surface area (Å²) in [6.45, 7) is 3.92. The van der Waals surface area contributed by atoms with Gasteiger partial charge in [-0.2, -0.15) is 11.8 Å². The van der Waals surface area contributed by atoms with Gasteiger partial charge in [-0.1, -0.05) is 0 Å². The van der Waals surface area contributed by atoms with Crippen molar-refractivity contribution in [3.63, 3.8) is 0 Å². The van der Waals surface area contributed by atoms with E-state index in [1.807, 2.05) is 11.8 Å². The SMILES string of the molecule is CN=C(NCCc1coc(-c2ccc(F)cc2)n1)NCC1(C)CCCS1. The number of rotatable bonds is 6. The molecule has 26 heavy (non-hydrogen) atoms. The summed E-state index contributed by atoms with van der Waals surface area (Å²) in [5.41, 5.74) is 1.62. The zero-order valence-corrected chi connectivity index (χ0v) is 16.0. The van der Waals surface area contributed by atoms with Crippen molar-refractivity contribution in [3.05, 3.63) is 42.0 Å². The lowest BCUT2D eigenvalue weighted by atomic mass is 10.1. The number of guanidine groups is 1. The van der Waals surface area contributed by atoms with E-state index in [1.165, 1.54) is 30.7 Å². The normalized spacial score (nSPS) is 20.3. The van der Waals surface area contributed by atoms with E-state index in [0.29, 0.717) is 17.2 Å². The highest BCUT2D eigenvalue weighted by Crippen LogP contribution is 2.36. The van der Waals surface area contributed by atoms with E-state index >= 15 is 0 Å². The molecule has 0 saturated carbocycles. The van der Waals surface area contributed by atoms with E-state index in [4.69, 9.17) is 4.42 Å². The van der Waals surface area contributed by atoms with Crippen molar-refractivity contribution in [2.45, 2.75) is 30.9 Å². The second-order valence-corrected chi connectivity index (χ2v) is 8.34. The van der Waals surface area contributed by atoms with Crippen LogP contribution >= 0.6 is 11.8 Å². The van der Waals surface area contributed by atoms with E-state index in [9.17, 15) is 4.39 Å². The summed E-state index contributed by atoms with van der Waals surface area (Å²) >= 11 is 2.03. The fourth-order valence-corrected chi connectivity index (χ4v) is 4.17. The summed E-state index contributed by atoms with van der Waals surface area (Å²) in [6.07, 6.45) is 4.90. The Kier molecular flexibility index (Phi) is 6.19. The zero-order valence-electron chi connectivity index (χ0n) is 15.2. The fourth-order valence-electron chi connectivity index (χ4n) is 2.92. The van der Waals surface area contributed by atoms with Crippen LogP contribution in [0, 0.1) is 5.82 Å². The second-order valence-electron chi connectivity index (χ2n) is 6.66. The van der Waals surface area contributed by atoms with Crippen LogP contribution in [0.4, 0.5) is 4.39 Å². The summed E-state index contributed by atoms with van der Waals surface area (Å²) in [4.78, 5) is 8.74. The first kappa shape index (κ1) is 18.8. The van der Waals surface area contributed by atoms with E-state index in [1.54, 1.807) is 25.4 Å². The zero-order chi connectivity index (χ0) is 18.4. The van der Waals surface area contributed by atoms with Gasteiger partial charge in [-0.25, -0.2) is 9.37 Å². The Hall–Kier alpha value is -2.02. The van der Waals surface area contributed by atoms with Gasteiger partial charge in [0.05, 0.1) is 5.69 Å². The minimum atomic E-state index is -0.270. The molecule has 1 fully saturated rings. The van der Waals surface area contributed by atoms with Gasteiger partial charge in [0.2, 0.25) is 5.89 Å². The van der Waals surface area contributed by atoms with Crippen LogP contribution in [0.25, 0.3) is 11.5 Å². The van der Waals surface area contributed by atoms with Gasteiger partial charge >= 0.3 is 0 Å². The van der Waals surface area contributed by atoms with Crippen LogP contribution in [0.2, 0.25) is 0 Å². The predicted molar refractivity (Wildman–Crippen MR) is 105 cm³/mol. The molecule has 2 aromatic rings. The number of aliphatic imine (C=N–C) groups is 1. The highest BCUT2D eigenvalue weighted by molar-refractivity contribution is 8.00. The molecule has 2 heterocycles. The van der Waals surface area contributed by atoms with Gasteiger partial charge in [0.1, 0.15) is 12.1 Å². The third-order valence-corrected chi connectivity index (χ3v) is 6.01. The van der Waals surface area contributed by atoms with E-state index in [-0.39, 0.29) is 5.82 Å². The number of thioether (sulfide) groups is 1. The number of nitrogens with one attached hydrogen (secondary N) is 2. The van der Waals surface area contributed by atoms with Crippen molar-refractivity contribution in [3.8, 4) is 11.5 Å². The number of nitrogens with zero attached hydrogens (tertiary/aromatic N) is 2.